The van der Waals surface area contributed by atoms with E-state index < -0.39 is 12.1 Å². The van der Waals surface area contributed by atoms with Crippen LogP contribution in [0.5, 0.6) is 0 Å². The molecule has 2 rings (SSSR count). The number of carboxylic acids is 1. The SMILES string of the molecule is O=C(NCC1CCC(C(=O)O)O1)c1ccnnc1. The molecule has 0 spiro atoms. The molecule has 18 heavy (non-hydrogen) atoms. The van der Waals surface area contributed by atoms with Gasteiger partial charge in [0, 0.05) is 6.54 Å². The van der Waals surface area contributed by atoms with E-state index in [0.717, 1.165) is 0 Å². The number of aromatic nitrogens is 2. The lowest BCUT2D eigenvalue weighted by atomic mass is 10.2. The van der Waals surface area contributed by atoms with Gasteiger partial charge in [0.15, 0.2) is 6.10 Å². The maximum atomic E-state index is 11.7. The lowest BCUT2D eigenvalue weighted by Gasteiger charge is -2.12. The van der Waals surface area contributed by atoms with Crippen LogP contribution in [0.1, 0.15) is 23.2 Å². The highest BCUT2D eigenvalue weighted by Crippen LogP contribution is 2.19. The largest absolute Gasteiger partial charge is 0.479 e. The van der Waals surface area contributed by atoms with Crippen molar-refractivity contribution in [2.45, 2.75) is 25.0 Å². The Hall–Kier alpha value is -2.02. The van der Waals surface area contributed by atoms with Gasteiger partial charge >= 0.3 is 5.97 Å². The minimum Gasteiger partial charge on any atom is -0.479 e. The molecule has 0 bridgehead atoms. The molecule has 1 aromatic heterocycles. The van der Waals surface area contributed by atoms with E-state index in [-0.39, 0.29) is 12.0 Å². The van der Waals surface area contributed by atoms with Crippen molar-refractivity contribution in [3.63, 3.8) is 0 Å². The van der Waals surface area contributed by atoms with Crippen LogP contribution in [-0.4, -0.2) is 45.9 Å². The Morgan fingerprint density at radius 1 is 1.44 bits per heavy atom. The fourth-order valence-electron chi connectivity index (χ4n) is 1.77. The minimum atomic E-state index is -0.956. The molecule has 2 N–H and O–H groups in total. The zero-order chi connectivity index (χ0) is 13.0. The van der Waals surface area contributed by atoms with Gasteiger partial charge in [0.1, 0.15) is 0 Å². The van der Waals surface area contributed by atoms with Gasteiger partial charge < -0.3 is 15.2 Å². The molecule has 7 heteroatoms. The number of amides is 1. The highest BCUT2D eigenvalue weighted by atomic mass is 16.5. The van der Waals surface area contributed by atoms with E-state index in [1.165, 1.54) is 12.4 Å². The molecule has 96 valence electrons. The highest BCUT2D eigenvalue weighted by molar-refractivity contribution is 5.93. The minimum absolute atomic E-state index is 0.246. The number of hydrogen-bond donors (Lipinski definition) is 2. The van der Waals surface area contributed by atoms with E-state index in [4.69, 9.17) is 9.84 Å². The monoisotopic (exact) mass is 251 g/mol. The fourth-order valence-corrected chi connectivity index (χ4v) is 1.77. The second-order valence-electron chi connectivity index (χ2n) is 4.00. The molecule has 0 saturated carbocycles. The number of nitrogens with one attached hydrogen (secondary N) is 1. The molecule has 1 aliphatic rings. The molecule has 0 aliphatic carbocycles. The Kier molecular flexibility index (Phi) is 3.83. The number of rotatable bonds is 4. The van der Waals surface area contributed by atoms with E-state index in [2.05, 4.69) is 15.5 Å². The van der Waals surface area contributed by atoms with Crippen LogP contribution >= 0.6 is 0 Å². The number of carbonyl (C=O) groups is 2. The van der Waals surface area contributed by atoms with Gasteiger partial charge in [-0.3, -0.25) is 4.79 Å². The van der Waals surface area contributed by atoms with Crippen LogP contribution < -0.4 is 5.32 Å². The van der Waals surface area contributed by atoms with Gasteiger partial charge in [0.25, 0.3) is 5.91 Å². The van der Waals surface area contributed by atoms with Crippen LogP contribution in [0.25, 0.3) is 0 Å². The van der Waals surface area contributed by atoms with Crippen LogP contribution in [-0.2, 0) is 9.53 Å². The van der Waals surface area contributed by atoms with Gasteiger partial charge in [0.05, 0.1) is 24.1 Å². The van der Waals surface area contributed by atoms with Crippen LogP contribution in [0.15, 0.2) is 18.5 Å². The van der Waals surface area contributed by atoms with Crippen molar-refractivity contribution in [3.8, 4) is 0 Å². The van der Waals surface area contributed by atoms with Crippen LogP contribution in [0.3, 0.4) is 0 Å². The Bertz CT molecular complexity index is 437. The second kappa shape index (κ2) is 5.54. The van der Waals surface area contributed by atoms with Gasteiger partial charge in [-0.2, -0.15) is 10.2 Å². The van der Waals surface area contributed by atoms with Crippen molar-refractivity contribution < 1.29 is 19.4 Å². The molecular weight excluding hydrogens is 238 g/mol. The van der Waals surface area contributed by atoms with E-state index >= 15 is 0 Å². The molecule has 2 unspecified atom stereocenters. The Labute approximate surface area is 103 Å². The first-order chi connectivity index (χ1) is 8.66. The molecule has 7 nitrogen and oxygen atoms in total. The summed E-state index contributed by atoms with van der Waals surface area (Å²) < 4.78 is 5.27. The molecule has 1 aliphatic heterocycles. The van der Waals surface area contributed by atoms with Crippen molar-refractivity contribution in [1.82, 2.24) is 15.5 Å². The predicted octanol–water partition coefficient (Wildman–Crippen LogP) is -0.161. The highest BCUT2D eigenvalue weighted by Gasteiger charge is 2.30. The van der Waals surface area contributed by atoms with Gasteiger partial charge in [-0.1, -0.05) is 0 Å². The third-order valence-corrected chi connectivity index (χ3v) is 2.72. The predicted molar refractivity (Wildman–Crippen MR) is 59.9 cm³/mol. The standard InChI is InChI=1S/C11H13N3O4/c15-10(7-3-4-13-14-5-7)12-6-8-1-2-9(18-8)11(16)17/h3-5,8-9H,1-2,6H2,(H,12,15)(H,16,17). The number of hydrogen-bond acceptors (Lipinski definition) is 5. The number of carboxylic acid groups (broad SMARTS) is 1. The molecule has 1 amide bonds. The maximum absolute atomic E-state index is 11.7. The molecule has 0 radical (unpaired) electrons. The Morgan fingerprint density at radius 3 is 2.89 bits per heavy atom. The number of aliphatic carboxylic acids is 1. The molecular formula is C11H13N3O4. The summed E-state index contributed by atoms with van der Waals surface area (Å²) in [6, 6.07) is 1.55. The van der Waals surface area contributed by atoms with Gasteiger partial charge in [0.2, 0.25) is 0 Å². The first kappa shape index (κ1) is 12.4. The maximum Gasteiger partial charge on any atom is 0.332 e. The van der Waals surface area contributed by atoms with Crippen molar-refractivity contribution in [2.75, 3.05) is 6.54 Å². The molecule has 2 heterocycles. The van der Waals surface area contributed by atoms with E-state index in [1.807, 2.05) is 0 Å². The van der Waals surface area contributed by atoms with Crippen molar-refractivity contribution in [1.29, 1.82) is 0 Å². The summed E-state index contributed by atoms with van der Waals surface area (Å²) in [6.07, 6.45) is 2.91. The molecule has 1 saturated heterocycles. The summed E-state index contributed by atoms with van der Waals surface area (Å²) in [6.45, 7) is 0.297. The van der Waals surface area contributed by atoms with Gasteiger partial charge in [-0.25, -0.2) is 4.79 Å². The summed E-state index contributed by atoms with van der Waals surface area (Å²) in [4.78, 5) is 22.3. The van der Waals surface area contributed by atoms with Crippen LogP contribution in [0.2, 0.25) is 0 Å². The number of nitrogens with zero attached hydrogens (tertiary/aromatic N) is 2. The average molecular weight is 251 g/mol. The number of ether oxygens (including phenoxy) is 1. The lowest BCUT2D eigenvalue weighted by molar-refractivity contribution is -0.149. The summed E-state index contributed by atoms with van der Waals surface area (Å²) in [5.74, 6) is -1.23. The van der Waals surface area contributed by atoms with E-state index in [0.29, 0.717) is 24.9 Å². The van der Waals surface area contributed by atoms with Crippen molar-refractivity contribution >= 4 is 11.9 Å². The van der Waals surface area contributed by atoms with Crippen LogP contribution in [0, 0.1) is 0 Å². The van der Waals surface area contributed by atoms with Gasteiger partial charge in [-0.15, -0.1) is 0 Å². The molecule has 2 atom stereocenters. The zero-order valence-corrected chi connectivity index (χ0v) is 9.57. The van der Waals surface area contributed by atoms with E-state index in [9.17, 15) is 9.59 Å². The van der Waals surface area contributed by atoms with Gasteiger partial charge in [-0.05, 0) is 18.9 Å². The first-order valence-corrected chi connectivity index (χ1v) is 5.60. The molecule has 0 aromatic carbocycles. The summed E-state index contributed by atoms with van der Waals surface area (Å²) >= 11 is 0. The topological polar surface area (TPSA) is 101 Å². The second-order valence-corrected chi connectivity index (χ2v) is 4.00. The van der Waals surface area contributed by atoms with Crippen LogP contribution in [0.4, 0.5) is 0 Å². The normalized spacial score (nSPS) is 22.7. The summed E-state index contributed by atoms with van der Waals surface area (Å²) in [5.41, 5.74) is 0.415. The Morgan fingerprint density at radius 2 is 2.28 bits per heavy atom. The fraction of sp³-hybridized carbons (Fsp3) is 0.455. The van der Waals surface area contributed by atoms with Crippen molar-refractivity contribution in [2.24, 2.45) is 0 Å². The summed E-state index contributed by atoms with van der Waals surface area (Å²) in [5, 5.41) is 18.6. The zero-order valence-electron chi connectivity index (χ0n) is 9.57. The third kappa shape index (κ3) is 3.01. The number of carbonyl (C=O) groups excluding carboxylic acids is 1. The lowest BCUT2D eigenvalue weighted by Crippen LogP contribution is -2.33. The molecule has 1 aromatic rings. The van der Waals surface area contributed by atoms with E-state index in [1.54, 1.807) is 6.07 Å². The smallest absolute Gasteiger partial charge is 0.332 e. The average Bonchev–Trinajstić information content (AvgIpc) is 2.86. The third-order valence-electron chi connectivity index (χ3n) is 2.72. The molecule has 1 fully saturated rings. The van der Waals surface area contributed by atoms with Crippen molar-refractivity contribution in [3.05, 3.63) is 24.0 Å². The quantitative estimate of drug-likeness (QED) is 0.771. The first-order valence-electron chi connectivity index (χ1n) is 5.60. The summed E-state index contributed by atoms with van der Waals surface area (Å²) in [7, 11) is 0. The Balaban J connectivity index is 1.79.